The Morgan fingerprint density at radius 2 is 1.97 bits per heavy atom. The quantitative estimate of drug-likeness (QED) is 0.753. The summed E-state index contributed by atoms with van der Waals surface area (Å²) in [6, 6.07) is 1.90. The van der Waals surface area contributed by atoms with E-state index in [9.17, 15) is 9.59 Å². The number of likely N-dealkylation sites (tertiary alicyclic amines) is 1. The smallest absolute Gasteiger partial charge is 0.228 e. The summed E-state index contributed by atoms with van der Waals surface area (Å²) in [6.07, 6.45) is 6.12. The van der Waals surface area contributed by atoms with Crippen molar-refractivity contribution in [1.29, 1.82) is 0 Å². The minimum Gasteiger partial charge on any atom is -0.381 e. The van der Waals surface area contributed by atoms with Crippen molar-refractivity contribution in [2.45, 2.75) is 31.6 Å². The van der Waals surface area contributed by atoms with Crippen LogP contribution in [0.25, 0.3) is 0 Å². The van der Waals surface area contributed by atoms with Gasteiger partial charge in [-0.3, -0.25) is 9.59 Å². The van der Waals surface area contributed by atoms with Gasteiger partial charge < -0.3 is 19.4 Å². The molecular formula is C21H31N5O3. The number of amides is 2. The third-order valence-corrected chi connectivity index (χ3v) is 6.35. The van der Waals surface area contributed by atoms with Crippen LogP contribution in [-0.4, -0.2) is 85.1 Å². The van der Waals surface area contributed by atoms with E-state index >= 15 is 0 Å². The number of aromatic nitrogens is 2. The van der Waals surface area contributed by atoms with Crippen molar-refractivity contribution in [2.75, 3.05) is 58.4 Å². The standard InChI is InChI=1S/C21H31N5O3/c1-24(2)20(28)17-13-26(19(27)15-7-11-29-14-15)12-16(17)18-6-8-22-21(23-18)25-9-4-3-5-10-25/h6,8,15-17H,3-5,7,9-14H2,1-2H3/t15-,16-,17-/m0/s1. The van der Waals surface area contributed by atoms with E-state index in [4.69, 9.17) is 9.72 Å². The molecule has 3 saturated heterocycles. The van der Waals surface area contributed by atoms with E-state index in [1.165, 1.54) is 6.42 Å². The fraction of sp³-hybridized carbons (Fsp3) is 0.714. The minimum atomic E-state index is -0.277. The number of hydrogen-bond donors (Lipinski definition) is 0. The molecule has 2 amide bonds. The van der Waals surface area contributed by atoms with Crippen LogP contribution in [0.3, 0.4) is 0 Å². The lowest BCUT2D eigenvalue weighted by Crippen LogP contribution is -2.37. The van der Waals surface area contributed by atoms with E-state index in [0.717, 1.165) is 44.0 Å². The summed E-state index contributed by atoms with van der Waals surface area (Å²) < 4.78 is 5.40. The van der Waals surface area contributed by atoms with Gasteiger partial charge in [-0.2, -0.15) is 0 Å². The van der Waals surface area contributed by atoms with Crippen LogP contribution in [0.4, 0.5) is 5.95 Å². The third-order valence-electron chi connectivity index (χ3n) is 6.35. The first kappa shape index (κ1) is 20.1. The molecule has 4 rings (SSSR count). The van der Waals surface area contributed by atoms with Crippen LogP contribution in [0.5, 0.6) is 0 Å². The lowest BCUT2D eigenvalue weighted by atomic mass is 9.91. The normalized spacial score (nSPS) is 27.3. The van der Waals surface area contributed by atoms with Crippen molar-refractivity contribution in [3.05, 3.63) is 18.0 Å². The molecule has 3 fully saturated rings. The van der Waals surface area contributed by atoms with Crippen molar-refractivity contribution in [1.82, 2.24) is 19.8 Å². The Balaban J connectivity index is 1.57. The summed E-state index contributed by atoms with van der Waals surface area (Å²) in [5.41, 5.74) is 0.860. The van der Waals surface area contributed by atoms with Crippen molar-refractivity contribution in [2.24, 2.45) is 11.8 Å². The highest BCUT2D eigenvalue weighted by atomic mass is 16.5. The Kier molecular flexibility index (Phi) is 5.99. The van der Waals surface area contributed by atoms with Crippen LogP contribution >= 0.6 is 0 Å². The first-order chi connectivity index (χ1) is 14.0. The van der Waals surface area contributed by atoms with E-state index < -0.39 is 0 Å². The average molecular weight is 402 g/mol. The molecule has 0 spiro atoms. The molecule has 0 radical (unpaired) electrons. The lowest BCUT2D eigenvalue weighted by molar-refractivity contribution is -0.135. The number of anilines is 1. The van der Waals surface area contributed by atoms with Gasteiger partial charge in [0, 0.05) is 59.0 Å². The Hall–Kier alpha value is -2.22. The summed E-state index contributed by atoms with van der Waals surface area (Å²) in [7, 11) is 3.54. The second-order valence-corrected chi connectivity index (χ2v) is 8.58. The molecule has 8 nitrogen and oxygen atoms in total. The van der Waals surface area contributed by atoms with Crippen LogP contribution in [0.1, 0.15) is 37.3 Å². The van der Waals surface area contributed by atoms with Gasteiger partial charge in [-0.05, 0) is 31.7 Å². The van der Waals surface area contributed by atoms with Crippen molar-refractivity contribution in [3.8, 4) is 0 Å². The van der Waals surface area contributed by atoms with Gasteiger partial charge in [0.25, 0.3) is 0 Å². The van der Waals surface area contributed by atoms with Crippen LogP contribution in [0, 0.1) is 11.8 Å². The molecule has 0 bridgehead atoms. The van der Waals surface area contributed by atoms with Crippen molar-refractivity contribution in [3.63, 3.8) is 0 Å². The Bertz CT molecular complexity index is 744. The molecular weight excluding hydrogens is 370 g/mol. The maximum atomic E-state index is 13.0. The second-order valence-electron chi connectivity index (χ2n) is 8.58. The molecule has 3 aliphatic rings. The molecule has 1 aromatic heterocycles. The topological polar surface area (TPSA) is 78.9 Å². The van der Waals surface area contributed by atoms with Crippen molar-refractivity contribution >= 4 is 17.8 Å². The maximum Gasteiger partial charge on any atom is 0.228 e. The number of carbonyl (C=O) groups is 2. The van der Waals surface area contributed by atoms with Gasteiger partial charge in [0.2, 0.25) is 17.8 Å². The number of piperidine rings is 1. The van der Waals surface area contributed by atoms with Gasteiger partial charge in [0.15, 0.2) is 0 Å². The monoisotopic (exact) mass is 401 g/mol. The van der Waals surface area contributed by atoms with E-state index in [1.807, 2.05) is 11.0 Å². The molecule has 3 aliphatic heterocycles. The molecule has 3 atom stereocenters. The van der Waals surface area contributed by atoms with E-state index in [2.05, 4.69) is 9.88 Å². The van der Waals surface area contributed by atoms with Gasteiger partial charge in [-0.1, -0.05) is 0 Å². The predicted octanol–water partition coefficient (Wildman–Crippen LogP) is 1.13. The van der Waals surface area contributed by atoms with E-state index in [0.29, 0.717) is 26.3 Å². The summed E-state index contributed by atoms with van der Waals surface area (Å²) in [5, 5.41) is 0. The fourth-order valence-electron chi connectivity index (χ4n) is 4.67. The van der Waals surface area contributed by atoms with E-state index in [1.54, 1.807) is 25.2 Å². The largest absolute Gasteiger partial charge is 0.381 e. The summed E-state index contributed by atoms with van der Waals surface area (Å²) in [4.78, 5) is 40.9. The van der Waals surface area contributed by atoms with Gasteiger partial charge in [-0.15, -0.1) is 0 Å². The zero-order chi connectivity index (χ0) is 20.4. The fourth-order valence-corrected chi connectivity index (χ4v) is 4.67. The zero-order valence-corrected chi connectivity index (χ0v) is 17.4. The van der Waals surface area contributed by atoms with Crippen LogP contribution < -0.4 is 4.90 Å². The number of carbonyl (C=O) groups excluding carboxylic acids is 2. The maximum absolute atomic E-state index is 13.0. The molecule has 4 heterocycles. The predicted molar refractivity (Wildman–Crippen MR) is 109 cm³/mol. The molecule has 0 unspecified atom stereocenters. The van der Waals surface area contributed by atoms with Crippen LogP contribution in [0.15, 0.2) is 12.3 Å². The van der Waals surface area contributed by atoms with E-state index in [-0.39, 0.29) is 29.6 Å². The highest BCUT2D eigenvalue weighted by Crippen LogP contribution is 2.35. The summed E-state index contributed by atoms with van der Waals surface area (Å²) >= 11 is 0. The van der Waals surface area contributed by atoms with Crippen molar-refractivity contribution < 1.29 is 14.3 Å². The molecule has 29 heavy (non-hydrogen) atoms. The minimum absolute atomic E-state index is 0.0473. The molecule has 8 heteroatoms. The molecule has 0 aromatic carbocycles. The highest BCUT2D eigenvalue weighted by molar-refractivity contribution is 5.84. The lowest BCUT2D eigenvalue weighted by Gasteiger charge is -2.27. The number of nitrogens with zero attached hydrogens (tertiary/aromatic N) is 5. The summed E-state index contributed by atoms with van der Waals surface area (Å²) in [5.74, 6) is 0.423. The van der Waals surface area contributed by atoms with Gasteiger partial charge in [-0.25, -0.2) is 9.97 Å². The zero-order valence-electron chi connectivity index (χ0n) is 17.4. The molecule has 0 N–H and O–H groups in total. The molecule has 158 valence electrons. The molecule has 0 saturated carbocycles. The third kappa shape index (κ3) is 4.22. The Morgan fingerprint density at radius 3 is 2.66 bits per heavy atom. The van der Waals surface area contributed by atoms with Gasteiger partial charge in [0.05, 0.1) is 24.1 Å². The number of hydrogen-bond acceptors (Lipinski definition) is 6. The SMILES string of the molecule is CN(C)C(=O)[C@H]1CN(C(=O)[C@H]2CCOC2)C[C@@H]1c1ccnc(N2CCCCC2)n1. The Labute approximate surface area is 172 Å². The number of ether oxygens (including phenoxy) is 1. The first-order valence-electron chi connectivity index (χ1n) is 10.7. The molecule has 1 aromatic rings. The highest BCUT2D eigenvalue weighted by Gasteiger charge is 2.43. The first-order valence-corrected chi connectivity index (χ1v) is 10.7. The summed E-state index contributed by atoms with van der Waals surface area (Å²) in [6.45, 7) is 4.04. The van der Waals surface area contributed by atoms with Crippen LogP contribution in [0.2, 0.25) is 0 Å². The Morgan fingerprint density at radius 1 is 1.17 bits per heavy atom. The molecule has 0 aliphatic carbocycles. The van der Waals surface area contributed by atoms with Crippen LogP contribution in [-0.2, 0) is 14.3 Å². The number of rotatable bonds is 4. The van der Waals surface area contributed by atoms with Gasteiger partial charge >= 0.3 is 0 Å². The van der Waals surface area contributed by atoms with Gasteiger partial charge in [0.1, 0.15) is 0 Å². The second kappa shape index (κ2) is 8.65. The average Bonchev–Trinajstić information content (AvgIpc) is 3.44.